The number of pyridine rings is 2. The number of aromatic nitrogens is 2. The van der Waals surface area contributed by atoms with Crippen molar-refractivity contribution in [2.45, 2.75) is 44.2 Å². The molecule has 252 valence electrons. The van der Waals surface area contributed by atoms with Crippen LogP contribution in [0.4, 0.5) is 34.4 Å². The van der Waals surface area contributed by atoms with Crippen molar-refractivity contribution in [1.82, 2.24) is 0 Å². The fourth-order valence-electron chi connectivity index (χ4n) is 10.8. The van der Waals surface area contributed by atoms with Gasteiger partial charge in [0.2, 0.25) is 0 Å². The van der Waals surface area contributed by atoms with Crippen LogP contribution >= 0.6 is 0 Å². The molecule has 0 atom stereocenters. The van der Waals surface area contributed by atoms with Crippen molar-refractivity contribution in [3.63, 3.8) is 0 Å². The number of anilines is 6. The van der Waals surface area contributed by atoms with Gasteiger partial charge in [0, 0.05) is 0 Å². The van der Waals surface area contributed by atoms with Gasteiger partial charge in [-0.1, -0.05) is 0 Å². The van der Waals surface area contributed by atoms with E-state index in [1.165, 1.54) is 0 Å². The molecule has 0 aliphatic carbocycles. The van der Waals surface area contributed by atoms with Crippen LogP contribution in [-0.4, -0.2) is 25.4 Å². The van der Waals surface area contributed by atoms with Gasteiger partial charge in [-0.2, -0.15) is 0 Å². The SMILES string of the molecule is CC1(C)c2cccc3c2N2c4c1ccc1c4C4(c5c(ccc6c5N5c7c(cccc7[Se](=O)(=O)c7ccc[n+]4c75)C6(C)C)O1)[n+]1cccc(c12)[Se]3(=O)=O. The molecule has 9 nitrogen and oxygen atoms in total. The third kappa shape index (κ3) is 2.52. The van der Waals surface area contributed by atoms with Gasteiger partial charge in [0.25, 0.3) is 0 Å². The molecule has 0 bridgehead atoms. The van der Waals surface area contributed by atoms with Crippen LogP contribution in [0.1, 0.15) is 61.1 Å². The quantitative estimate of drug-likeness (QED) is 0.169. The topological polar surface area (TPSA) is 91.8 Å². The van der Waals surface area contributed by atoms with Gasteiger partial charge in [0.05, 0.1) is 0 Å². The molecular formula is C41H28N4O5Se2+2. The number of ether oxygens (including phenoxy) is 1. The van der Waals surface area contributed by atoms with Crippen molar-refractivity contribution in [2.24, 2.45) is 0 Å². The molecule has 7 aliphatic rings. The number of hydrogen-bond donors (Lipinski definition) is 0. The molecule has 0 fully saturated rings. The van der Waals surface area contributed by atoms with Gasteiger partial charge >= 0.3 is 303 Å². The summed E-state index contributed by atoms with van der Waals surface area (Å²) >= 11 is -10.00. The van der Waals surface area contributed by atoms with Crippen LogP contribution in [-0.2, 0) is 31.8 Å². The van der Waals surface area contributed by atoms with Crippen molar-refractivity contribution < 1.29 is 29.2 Å². The van der Waals surface area contributed by atoms with Gasteiger partial charge in [-0.05, 0) is 0 Å². The van der Waals surface area contributed by atoms with E-state index >= 15 is 0 Å². The van der Waals surface area contributed by atoms with Gasteiger partial charge in [0.1, 0.15) is 0 Å². The molecule has 1 spiro atoms. The average molecular weight is 815 g/mol. The summed E-state index contributed by atoms with van der Waals surface area (Å²) in [5, 5.41) is 0. The van der Waals surface area contributed by atoms with Crippen LogP contribution in [0.3, 0.4) is 0 Å². The Morgan fingerprint density at radius 1 is 0.500 bits per heavy atom. The van der Waals surface area contributed by atoms with E-state index in [1.54, 1.807) is 24.3 Å². The van der Waals surface area contributed by atoms with Crippen molar-refractivity contribution >= 4 is 77.7 Å². The molecule has 0 saturated heterocycles. The van der Waals surface area contributed by atoms with E-state index < -0.39 is 41.9 Å². The number of benzene rings is 4. The molecule has 6 aromatic rings. The molecule has 0 radical (unpaired) electrons. The first kappa shape index (κ1) is 28.4. The van der Waals surface area contributed by atoms with E-state index in [0.717, 1.165) is 44.8 Å². The third-order valence-corrected chi connectivity index (χ3v) is 20.5. The van der Waals surface area contributed by atoms with E-state index in [9.17, 15) is 15.3 Å². The Labute approximate surface area is 301 Å². The predicted octanol–water partition coefficient (Wildman–Crippen LogP) is 3.97. The maximum atomic E-state index is 14.9. The molecule has 2 aromatic heterocycles. The summed E-state index contributed by atoms with van der Waals surface area (Å²) in [4.78, 5) is 4.31. The van der Waals surface area contributed by atoms with Crippen LogP contribution < -0.4 is 41.5 Å². The van der Waals surface area contributed by atoms with E-state index in [1.807, 2.05) is 60.9 Å². The second kappa shape index (κ2) is 7.92. The minimum absolute atomic E-state index is 0.274. The summed E-state index contributed by atoms with van der Waals surface area (Å²) in [6, 6.07) is 26.7. The molecule has 52 heavy (non-hydrogen) atoms. The fraction of sp³-hybridized carbons (Fsp3) is 0.171. The van der Waals surface area contributed by atoms with Crippen molar-refractivity contribution in [1.29, 1.82) is 0 Å². The summed E-state index contributed by atoms with van der Waals surface area (Å²) in [6.07, 6.45) is 3.93. The molecule has 13 rings (SSSR count). The minimum atomic E-state index is -5.00. The van der Waals surface area contributed by atoms with Crippen molar-refractivity contribution in [2.75, 3.05) is 9.80 Å². The number of hydrogen-bond acceptors (Lipinski definition) is 7. The van der Waals surface area contributed by atoms with Crippen molar-refractivity contribution in [3.8, 4) is 11.5 Å². The zero-order valence-electron chi connectivity index (χ0n) is 28.4. The predicted molar refractivity (Wildman–Crippen MR) is 191 cm³/mol. The Kier molecular flexibility index (Phi) is 4.33. The van der Waals surface area contributed by atoms with Crippen molar-refractivity contribution in [3.05, 3.63) is 131 Å². The average Bonchev–Trinajstić information content (AvgIpc) is 3.12. The molecule has 0 unspecified atom stereocenters. The van der Waals surface area contributed by atoms with Crippen LogP contribution in [0.25, 0.3) is 0 Å². The van der Waals surface area contributed by atoms with E-state index in [4.69, 9.17) is 4.74 Å². The normalized spacial score (nSPS) is 20.7. The molecule has 7 aliphatic heterocycles. The van der Waals surface area contributed by atoms with Crippen LogP contribution in [0.2, 0.25) is 0 Å². The Morgan fingerprint density at radius 2 is 0.904 bits per heavy atom. The van der Waals surface area contributed by atoms with Gasteiger partial charge in [0.15, 0.2) is 0 Å². The molecule has 11 heteroatoms. The maximum absolute atomic E-state index is 14.9. The van der Waals surface area contributed by atoms with Gasteiger partial charge in [-0.3, -0.25) is 0 Å². The third-order valence-electron chi connectivity index (χ3n) is 12.9. The zero-order chi connectivity index (χ0) is 35.2. The van der Waals surface area contributed by atoms with Crippen LogP contribution in [0.5, 0.6) is 11.5 Å². The first-order chi connectivity index (χ1) is 24.8. The summed E-state index contributed by atoms with van der Waals surface area (Å²) in [6.45, 7) is 8.63. The first-order valence-corrected chi connectivity index (χ1v) is 23.6. The molecule has 4 aromatic carbocycles. The Balaban J connectivity index is 1.33. The fourth-order valence-corrected chi connectivity index (χ4v) is 17.6. The standard InChI is InChI=1S/C41H28N4O5Se2/c1-39(2)21-9-5-11-27-33(21)44-35-23(39)15-17-25-31(35)41(42-19-7-13-29(37(42)44)51(27,46)47)32-26(50-25)18-16-24-36(32)45-34-22(40(24,3)4)10-6-12-28(34)52(48,49)30-14-8-20-43(41)38(30)45/h5-20H,1-4H3/q+2. The monoisotopic (exact) mass is 816 g/mol. The second-order valence-electron chi connectivity index (χ2n) is 15.8. The molecule has 0 amide bonds. The molecular weight excluding hydrogens is 786 g/mol. The van der Waals surface area contributed by atoms with Gasteiger partial charge in [-0.15, -0.1) is 0 Å². The summed E-state index contributed by atoms with van der Waals surface area (Å²) in [5.74, 6) is 2.40. The molecule has 0 N–H and O–H groups in total. The number of rotatable bonds is 0. The number of para-hydroxylation sites is 2. The van der Waals surface area contributed by atoms with E-state index in [-0.39, 0.29) is 8.92 Å². The second-order valence-corrected chi connectivity index (χ2v) is 23.7. The van der Waals surface area contributed by atoms with E-state index in [0.29, 0.717) is 43.4 Å². The van der Waals surface area contributed by atoms with E-state index in [2.05, 4.69) is 58.8 Å². The van der Waals surface area contributed by atoms with Crippen LogP contribution in [0.15, 0.2) is 97.3 Å². The summed E-state index contributed by atoms with van der Waals surface area (Å²) in [5.41, 5.74) is 6.40. The summed E-state index contributed by atoms with van der Waals surface area (Å²) in [7, 11) is 0. The zero-order valence-corrected chi connectivity index (χ0v) is 31.8. The van der Waals surface area contributed by atoms with Gasteiger partial charge in [-0.25, -0.2) is 0 Å². The van der Waals surface area contributed by atoms with Crippen LogP contribution in [0, 0.1) is 0 Å². The van der Waals surface area contributed by atoms with Gasteiger partial charge < -0.3 is 0 Å². The molecule has 0 saturated carbocycles. The first-order valence-electron chi connectivity index (χ1n) is 17.4. The summed E-state index contributed by atoms with van der Waals surface area (Å²) < 4.78 is 72.1. The Hall–Kier alpha value is -5.18. The Morgan fingerprint density at radius 3 is 1.35 bits per heavy atom. The molecule has 9 heterocycles. The number of nitrogens with zero attached hydrogens (tertiary/aromatic N) is 4. The Bertz CT molecular complexity index is 2900.